The second-order valence-electron chi connectivity index (χ2n) is 5.42. The SMILES string of the molecule is COc1ccc(C)cc1NC(=O)c1nn(-c2ccccc2)nc1C. The van der Waals surface area contributed by atoms with Crippen LogP contribution >= 0.6 is 0 Å². The molecule has 0 saturated carbocycles. The van der Waals surface area contributed by atoms with Crippen molar-refractivity contribution in [2.45, 2.75) is 13.8 Å². The Bertz CT molecular complexity index is 872. The van der Waals surface area contributed by atoms with Crippen LogP contribution in [-0.4, -0.2) is 28.0 Å². The van der Waals surface area contributed by atoms with Gasteiger partial charge in [-0.25, -0.2) is 0 Å². The van der Waals surface area contributed by atoms with Gasteiger partial charge in [0.25, 0.3) is 5.91 Å². The summed E-state index contributed by atoms with van der Waals surface area (Å²) in [7, 11) is 1.57. The van der Waals surface area contributed by atoms with Crippen LogP contribution in [0.25, 0.3) is 5.69 Å². The van der Waals surface area contributed by atoms with E-state index in [0.29, 0.717) is 17.1 Å². The van der Waals surface area contributed by atoms with E-state index in [1.165, 1.54) is 4.80 Å². The predicted molar refractivity (Wildman–Crippen MR) is 91.8 cm³/mol. The molecule has 0 aliphatic heterocycles. The molecule has 0 unspecified atom stereocenters. The first-order valence-electron chi connectivity index (χ1n) is 7.54. The lowest BCUT2D eigenvalue weighted by molar-refractivity contribution is 0.102. The van der Waals surface area contributed by atoms with Crippen LogP contribution in [-0.2, 0) is 0 Å². The Kier molecular flexibility index (Phi) is 4.29. The van der Waals surface area contributed by atoms with Gasteiger partial charge in [0.2, 0.25) is 0 Å². The fraction of sp³-hybridized carbons (Fsp3) is 0.167. The normalized spacial score (nSPS) is 10.5. The third-order valence-corrected chi connectivity index (χ3v) is 3.59. The highest BCUT2D eigenvalue weighted by atomic mass is 16.5. The third kappa shape index (κ3) is 3.12. The summed E-state index contributed by atoms with van der Waals surface area (Å²) in [6, 6.07) is 15.1. The largest absolute Gasteiger partial charge is 0.495 e. The number of rotatable bonds is 4. The van der Waals surface area contributed by atoms with Gasteiger partial charge in [-0.2, -0.15) is 9.90 Å². The topological polar surface area (TPSA) is 69.0 Å². The molecule has 1 N–H and O–H groups in total. The maximum Gasteiger partial charge on any atom is 0.278 e. The van der Waals surface area contributed by atoms with Crippen molar-refractivity contribution in [3.8, 4) is 11.4 Å². The summed E-state index contributed by atoms with van der Waals surface area (Å²) < 4.78 is 5.29. The van der Waals surface area contributed by atoms with Crippen molar-refractivity contribution < 1.29 is 9.53 Å². The Morgan fingerprint density at radius 1 is 1.08 bits per heavy atom. The molecular weight excluding hydrogens is 304 g/mol. The summed E-state index contributed by atoms with van der Waals surface area (Å²) >= 11 is 0. The molecule has 0 aliphatic rings. The van der Waals surface area contributed by atoms with E-state index in [9.17, 15) is 4.79 Å². The number of anilines is 1. The molecule has 24 heavy (non-hydrogen) atoms. The molecule has 0 spiro atoms. The van der Waals surface area contributed by atoms with E-state index >= 15 is 0 Å². The third-order valence-electron chi connectivity index (χ3n) is 3.59. The molecule has 1 aromatic heterocycles. The number of hydrogen-bond acceptors (Lipinski definition) is 4. The van der Waals surface area contributed by atoms with Crippen LogP contribution in [0, 0.1) is 13.8 Å². The lowest BCUT2D eigenvalue weighted by Gasteiger charge is -2.10. The minimum Gasteiger partial charge on any atom is -0.495 e. The minimum atomic E-state index is -0.321. The zero-order valence-corrected chi connectivity index (χ0v) is 13.8. The quantitative estimate of drug-likeness (QED) is 0.801. The Morgan fingerprint density at radius 2 is 1.83 bits per heavy atom. The number of methoxy groups -OCH3 is 1. The average Bonchev–Trinajstić information content (AvgIpc) is 2.98. The Balaban J connectivity index is 1.89. The molecule has 122 valence electrons. The number of amides is 1. The van der Waals surface area contributed by atoms with Crippen molar-refractivity contribution in [3.63, 3.8) is 0 Å². The molecule has 0 aliphatic carbocycles. The summed E-state index contributed by atoms with van der Waals surface area (Å²) in [5, 5.41) is 11.5. The van der Waals surface area contributed by atoms with Gasteiger partial charge >= 0.3 is 0 Å². The van der Waals surface area contributed by atoms with Crippen molar-refractivity contribution in [3.05, 3.63) is 65.5 Å². The number of benzene rings is 2. The summed E-state index contributed by atoms with van der Waals surface area (Å²) in [6.07, 6.45) is 0. The monoisotopic (exact) mass is 322 g/mol. The van der Waals surface area contributed by atoms with Crippen molar-refractivity contribution in [1.82, 2.24) is 15.0 Å². The van der Waals surface area contributed by atoms with E-state index in [-0.39, 0.29) is 11.6 Å². The Labute approximate surface area is 140 Å². The van der Waals surface area contributed by atoms with Crippen molar-refractivity contribution >= 4 is 11.6 Å². The minimum absolute atomic E-state index is 0.280. The molecule has 0 saturated heterocycles. The van der Waals surface area contributed by atoms with Crippen LogP contribution in [0.15, 0.2) is 48.5 Å². The van der Waals surface area contributed by atoms with Gasteiger partial charge in [-0.1, -0.05) is 24.3 Å². The molecule has 1 amide bonds. The molecular formula is C18H18N4O2. The maximum absolute atomic E-state index is 12.6. The van der Waals surface area contributed by atoms with Crippen LogP contribution < -0.4 is 10.1 Å². The number of aryl methyl sites for hydroxylation is 2. The molecule has 0 radical (unpaired) electrons. The molecule has 3 rings (SSSR count). The highest BCUT2D eigenvalue weighted by molar-refractivity contribution is 6.04. The van der Waals surface area contributed by atoms with E-state index in [1.807, 2.05) is 55.5 Å². The first kappa shape index (κ1) is 15.7. The average molecular weight is 322 g/mol. The van der Waals surface area contributed by atoms with Crippen LogP contribution in [0.3, 0.4) is 0 Å². The number of nitrogens with zero attached hydrogens (tertiary/aromatic N) is 3. The van der Waals surface area contributed by atoms with Crippen LogP contribution in [0.2, 0.25) is 0 Å². The number of aromatic nitrogens is 3. The van der Waals surface area contributed by atoms with Crippen LogP contribution in [0.1, 0.15) is 21.7 Å². The molecule has 0 fully saturated rings. The summed E-state index contributed by atoms with van der Waals surface area (Å²) in [6.45, 7) is 3.71. The number of ether oxygens (including phenoxy) is 1. The Hall–Kier alpha value is -3.15. The van der Waals surface area contributed by atoms with Crippen molar-refractivity contribution in [1.29, 1.82) is 0 Å². The van der Waals surface area contributed by atoms with Gasteiger partial charge in [-0.3, -0.25) is 4.79 Å². The van der Waals surface area contributed by atoms with E-state index < -0.39 is 0 Å². The van der Waals surface area contributed by atoms with Crippen LogP contribution in [0.5, 0.6) is 5.75 Å². The van der Waals surface area contributed by atoms with Crippen LogP contribution in [0.4, 0.5) is 5.69 Å². The van der Waals surface area contributed by atoms with Gasteiger partial charge in [0.05, 0.1) is 24.2 Å². The predicted octanol–water partition coefficient (Wildman–Crippen LogP) is 3.15. The second kappa shape index (κ2) is 6.54. The molecule has 0 bridgehead atoms. The summed E-state index contributed by atoms with van der Waals surface area (Å²) in [5.74, 6) is 0.278. The molecule has 6 heteroatoms. The fourth-order valence-corrected chi connectivity index (χ4v) is 2.37. The number of para-hydroxylation sites is 1. The summed E-state index contributed by atoms with van der Waals surface area (Å²) in [4.78, 5) is 14.0. The van der Waals surface area contributed by atoms with E-state index in [4.69, 9.17) is 4.74 Å². The standard InChI is InChI=1S/C18H18N4O2/c1-12-9-10-16(24-3)15(11-12)19-18(23)17-13(2)20-22(21-17)14-7-5-4-6-8-14/h4-11H,1-3H3,(H,19,23). The molecule has 2 aromatic carbocycles. The van der Waals surface area contributed by atoms with E-state index in [2.05, 4.69) is 15.5 Å². The highest BCUT2D eigenvalue weighted by Gasteiger charge is 2.18. The number of hydrogen-bond donors (Lipinski definition) is 1. The van der Waals surface area contributed by atoms with E-state index in [1.54, 1.807) is 14.0 Å². The van der Waals surface area contributed by atoms with Gasteiger partial charge in [0.15, 0.2) is 5.69 Å². The first-order valence-corrected chi connectivity index (χ1v) is 7.54. The van der Waals surface area contributed by atoms with Crippen molar-refractivity contribution in [2.75, 3.05) is 12.4 Å². The van der Waals surface area contributed by atoms with Gasteiger partial charge in [-0.15, -0.1) is 5.10 Å². The van der Waals surface area contributed by atoms with Gasteiger partial charge in [0, 0.05) is 0 Å². The number of carbonyl (C=O) groups is 1. The molecule has 3 aromatic rings. The van der Waals surface area contributed by atoms with E-state index in [0.717, 1.165) is 11.3 Å². The zero-order chi connectivity index (χ0) is 17.1. The maximum atomic E-state index is 12.6. The van der Waals surface area contributed by atoms with Gasteiger partial charge in [0.1, 0.15) is 5.75 Å². The first-order chi connectivity index (χ1) is 11.6. The zero-order valence-electron chi connectivity index (χ0n) is 13.8. The molecule has 6 nitrogen and oxygen atoms in total. The molecule has 1 heterocycles. The van der Waals surface area contributed by atoms with Gasteiger partial charge in [-0.05, 0) is 43.7 Å². The van der Waals surface area contributed by atoms with Crippen molar-refractivity contribution in [2.24, 2.45) is 0 Å². The lowest BCUT2D eigenvalue weighted by atomic mass is 10.2. The van der Waals surface area contributed by atoms with Gasteiger partial charge < -0.3 is 10.1 Å². The Morgan fingerprint density at radius 3 is 2.54 bits per heavy atom. The number of carbonyl (C=O) groups excluding carboxylic acids is 1. The summed E-state index contributed by atoms with van der Waals surface area (Å²) in [5.41, 5.74) is 3.27. The lowest BCUT2D eigenvalue weighted by Crippen LogP contribution is -2.15. The highest BCUT2D eigenvalue weighted by Crippen LogP contribution is 2.25. The molecule has 0 atom stereocenters. The second-order valence-corrected chi connectivity index (χ2v) is 5.42. The smallest absolute Gasteiger partial charge is 0.278 e. The fourth-order valence-electron chi connectivity index (χ4n) is 2.37. The number of nitrogens with one attached hydrogen (secondary N) is 1.